The molecule has 0 aromatic heterocycles. The molecule has 1 saturated heterocycles. The summed E-state index contributed by atoms with van der Waals surface area (Å²) in [7, 11) is 0. The van der Waals surface area contributed by atoms with Gasteiger partial charge in [-0.3, -0.25) is 14.5 Å². The van der Waals surface area contributed by atoms with Crippen LogP contribution in [-0.4, -0.2) is 42.7 Å². The van der Waals surface area contributed by atoms with Crippen LogP contribution in [0.4, 0.5) is 0 Å². The maximum atomic E-state index is 11.1. The summed E-state index contributed by atoms with van der Waals surface area (Å²) in [5.41, 5.74) is 0. The lowest BCUT2D eigenvalue weighted by Crippen LogP contribution is -2.56. The molecule has 1 unspecified atom stereocenters. The summed E-state index contributed by atoms with van der Waals surface area (Å²) in [6, 6.07) is 0. The van der Waals surface area contributed by atoms with Crippen molar-refractivity contribution in [2.45, 2.75) is 25.1 Å². The molecule has 0 spiro atoms. The van der Waals surface area contributed by atoms with E-state index >= 15 is 0 Å². The molecule has 2 rings (SSSR count). The molecule has 2 atom stereocenters. The van der Waals surface area contributed by atoms with Crippen molar-refractivity contribution in [2.75, 3.05) is 5.75 Å². The topological polar surface area (TPSA) is 101 Å². The van der Waals surface area contributed by atoms with Gasteiger partial charge in [0.25, 0.3) is 0 Å². The van der Waals surface area contributed by atoms with Gasteiger partial charge in [0.2, 0.25) is 11.3 Å². The SMILES string of the molecule is CCC(=O)O.O=C1C[C@H]2N1C=C(O)C[S+]2[O-]. The molecule has 2 heterocycles. The molecule has 0 radical (unpaired) electrons. The number of aliphatic hydroxyl groups excluding tert-OH is 1. The van der Waals surface area contributed by atoms with E-state index in [9.17, 15) is 14.1 Å². The van der Waals surface area contributed by atoms with Crippen LogP contribution in [0.2, 0.25) is 0 Å². The normalized spacial score (nSPS) is 27.0. The first-order valence-corrected chi connectivity index (χ1v) is 6.13. The minimum Gasteiger partial charge on any atom is -0.614 e. The van der Waals surface area contributed by atoms with E-state index < -0.39 is 17.1 Å². The summed E-state index contributed by atoms with van der Waals surface area (Å²) in [4.78, 5) is 21.5. The van der Waals surface area contributed by atoms with E-state index in [2.05, 4.69) is 0 Å². The molecule has 2 aliphatic rings. The van der Waals surface area contributed by atoms with Gasteiger partial charge < -0.3 is 14.8 Å². The fraction of sp³-hybridized carbons (Fsp3) is 0.556. The van der Waals surface area contributed by atoms with E-state index in [1.165, 1.54) is 11.1 Å². The summed E-state index contributed by atoms with van der Waals surface area (Å²) >= 11 is -1.09. The Morgan fingerprint density at radius 3 is 2.75 bits per heavy atom. The van der Waals surface area contributed by atoms with Gasteiger partial charge in [-0.2, -0.15) is 0 Å². The Bertz CT molecular complexity index is 330. The van der Waals surface area contributed by atoms with Crippen molar-refractivity contribution in [3.05, 3.63) is 12.0 Å². The summed E-state index contributed by atoms with van der Waals surface area (Å²) in [6.07, 6.45) is 1.95. The van der Waals surface area contributed by atoms with E-state index in [0.29, 0.717) is 6.42 Å². The molecule has 90 valence electrons. The van der Waals surface area contributed by atoms with Gasteiger partial charge in [-0.1, -0.05) is 6.92 Å². The first kappa shape index (κ1) is 12.9. The average Bonchev–Trinajstić information content (AvgIpc) is 2.22. The zero-order valence-electron chi connectivity index (χ0n) is 8.75. The Morgan fingerprint density at radius 2 is 2.31 bits per heavy atom. The summed E-state index contributed by atoms with van der Waals surface area (Å²) in [5.74, 6) is -0.582. The first-order chi connectivity index (χ1) is 7.45. The van der Waals surface area contributed by atoms with Gasteiger partial charge in [-0.05, 0) is 11.2 Å². The van der Waals surface area contributed by atoms with Gasteiger partial charge in [-0.15, -0.1) is 0 Å². The second-order valence-corrected chi connectivity index (χ2v) is 4.95. The zero-order valence-corrected chi connectivity index (χ0v) is 9.57. The van der Waals surface area contributed by atoms with Crippen LogP contribution in [-0.2, 0) is 20.8 Å². The lowest BCUT2D eigenvalue weighted by Gasteiger charge is -2.40. The summed E-state index contributed by atoms with van der Waals surface area (Å²) in [5, 5.41) is 16.5. The largest absolute Gasteiger partial charge is 0.614 e. The number of aliphatic carboxylic acids is 1. The van der Waals surface area contributed by atoms with Crippen LogP contribution in [0.15, 0.2) is 12.0 Å². The number of hydrogen-bond acceptors (Lipinski definition) is 4. The Morgan fingerprint density at radius 1 is 1.75 bits per heavy atom. The third-order valence-electron chi connectivity index (χ3n) is 2.13. The van der Waals surface area contributed by atoms with Crippen molar-refractivity contribution in [2.24, 2.45) is 0 Å². The third-order valence-corrected chi connectivity index (χ3v) is 3.71. The van der Waals surface area contributed by atoms with Gasteiger partial charge in [-0.25, -0.2) is 0 Å². The van der Waals surface area contributed by atoms with Crippen LogP contribution < -0.4 is 0 Å². The van der Waals surface area contributed by atoms with E-state index in [4.69, 9.17) is 10.2 Å². The number of carbonyl (C=O) groups excluding carboxylic acids is 1. The molecule has 0 saturated carbocycles. The van der Waals surface area contributed by atoms with Crippen molar-refractivity contribution in [3.8, 4) is 0 Å². The second-order valence-electron chi connectivity index (χ2n) is 3.35. The minimum absolute atomic E-state index is 0.0348. The standard InChI is InChI=1S/C6H7NO3S.C3H6O2/c8-4-2-7-5(9)1-6(7)11(10)3-4;1-2-3(4)5/h2,6,8H,1,3H2;2H2,1H3,(H,4,5)/t6-,11?;/m0./s1. The number of hydrogen-bond donors (Lipinski definition) is 2. The van der Waals surface area contributed by atoms with Crippen LogP contribution in [0.3, 0.4) is 0 Å². The fourth-order valence-corrected chi connectivity index (χ4v) is 2.53. The predicted octanol–water partition coefficient (Wildman–Crippen LogP) is 0.188. The maximum absolute atomic E-state index is 11.1. The van der Waals surface area contributed by atoms with Crippen LogP contribution in [0.5, 0.6) is 0 Å². The first-order valence-electron chi connectivity index (χ1n) is 4.75. The Kier molecular flexibility index (Phi) is 4.19. The van der Waals surface area contributed by atoms with Crippen LogP contribution >= 0.6 is 0 Å². The minimum atomic E-state index is -1.09. The molecule has 0 aliphatic carbocycles. The number of carboxylic acids is 1. The van der Waals surface area contributed by atoms with Crippen molar-refractivity contribution in [1.29, 1.82) is 0 Å². The lowest BCUT2D eigenvalue weighted by atomic mass is 10.2. The molecule has 1 amide bonds. The lowest BCUT2D eigenvalue weighted by molar-refractivity contribution is -0.138. The van der Waals surface area contributed by atoms with E-state index in [0.717, 1.165) is 0 Å². The van der Waals surface area contributed by atoms with Gasteiger partial charge >= 0.3 is 5.97 Å². The predicted molar refractivity (Wildman–Crippen MR) is 56.9 cm³/mol. The number of carboxylic acid groups (broad SMARTS) is 1. The third kappa shape index (κ3) is 2.89. The number of fused-ring (bicyclic) bond motifs is 1. The van der Waals surface area contributed by atoms with Crippen LogP contribution in [0.1, 0.15) is 19.8 Å². The van der Waals surface area contributed by atoms with Gasteiger partial charge in [0, 0.05) is 6.42 Å². The Balaban J connectivity index is 0.000000221. The molecule has 2 aliphatic heterocycles. The number of amides is 1. The van der Waals surface area contributed by atoms with Crippen molar-refractivity contribution < 1.29 is 24.4 Å². The molecule has 0 bridgehead atoms. The van der Waals surface area contributed by atoms with E-state index in [-0.39, 0.29) is 29.2 Å². The highest BCUT2D eigenvalue weighted by molar-refractivity contribution is 7.92. The number of carbonyl (C=O) groups is 2. The molecule has 6 nitrogen and oxygen atoms in total. The van der Waals surface area contributed by atoms with Gasteiger partial charge in [0.15, 0.2) is 11.5 Å². The van der Waals surface area contributed by atoms with Crippen molar-refractivity contribution >= 4 is 23.1 Å². The molecule has 16 heavy (non-hydrogen) atoms. The second kappa shape index (κ2) is 5.22. The van der Waals surface area contributed by atoms with Gasteiger partial charge in [0.05, 0.1) is 12.6 Å². The average molecular weight is 247 g/mol. The molecule has 0 aromatic carbocycles. The highest BCUT2D eigenvalue weighted by Gasteiger charge is 2.46. The number of rotatable bonds is 1. The number of nitrogens with zero attached hydrogens (tertiary/aromatic N) is 1. The fourth-order valence-electron chi connectivity index (χ4n) is 1.22. The Labute approximate surface area is 95.7 Å². The molecule has 2 N–H and O–H groups in total. The van der Waals surface area contributed by atoms with E-state index in [1.54, 1.807) is 6.92 Å². The van der Waals surface area contributed by atoms with E-state index in [1.807, 2.05) is 0 Å². The highest BCUT2D eigenvalue weighted by Crippen LogP contribution is 2.30. The molecule has 0 aromatic rings. The van der Waals surface area contributed by atoms with Crippen LogP contribution in [0.25, 0.3) is 0 Å². The molecule has 1 fully saturated rings. The number of β-lactam (4-membered cyclic amide) rings is 1. The maximum Gasteiger partial charge on any atom is 0.303 e. The number of aliphatic hydroxyl groups is 1. The summed E-state index contributed by atoms with van der Waals surface area (Å²) < 4.78 is 11.1. The zero-order chi connectivity index (χ0) is 12.3. The van der Waals surface area contributed by atoms with Crippen molar-refractivity contribution in [3.63, 3.8) is 0 Å². The smallest absolute Gasteiger partial charge is 0.303 e. The molecule has 7 heteroatoms. The highest BCUT2D eigenvalue weighted by atomic mass is 32.2. The Hall–Kier alpha value is -1.21. The van der Waals surface area contributed by atoms with Crippen LogP contribution in [0, 0.1) is 0 Å². The van der Waals surface area contributed by atoms with Gasteiger partial charge in [0.1, 0.15) is 0 Å². The molecular formula is C9H13NO5S. The summed E-state index contributed by atoms with van der Waals surface area (Å²) in [6.45, 7) is 1.60. The molecular weight excluding hydrogens is 234 g/mol. The monoisotopic (exact) mass is 247 g/mol. The quantitative estimate of drug-likeness (QED) is 0.508. The van der Waals surface area contributed by atoms with Crippen molar-refractivity contribution in [1.82, 2.24) is 4.90 Å².